The quantitative estimate of drug-likeness (QED) is 0.578. The zero-order valence-electron chi connectivity index (χ0n) is 14.6. The summed E-state index contributed by atoms with van der Waals surface area (Å²) < 4.78 is 23.9. The van der Waals surface area contributed by atoms with E-state index in [-0.39, 0.29) is 42.7 Å². The molecule has 0 N–H and O–H groups in total. The first-order chi connectivity index (χ1) is 10.6. The van der Waals surface area contributed by atoms with E-state index in [1.165, 1.54) is 0 Å². The molecule has 0 aliphatic carbocycles. The largest absolute Gasteiger partial charge is 0.348 e. The normalized spacial score (nSPS) is 44.6. The van der Waals surface area contributed by atoms with Crippen molar-refractivity contribution in [3.63, 3.8) is 0 Å². The van der Waals surface area contributed by atoms with E-state index in [4.69, 9.17) is 18.9 Å². The molecule has 0 aromatic carbocycles. The fraction of sp³-hybridized carbons (Fsp3) is 0.938. The summed E-state index contributed by atoms with van der Waals surface area (Å²) in [7, 11) is -1.15. The molecule has 4 rings (SSSR count). The molecule has 1 amide bonds. The molecule has 7 heteroatoms. The SMILES string of the molecule is CC1(C)O[C@H]2O[C@@H]3CN4C(=O)[C@H](CC[Si](C)(C)C)[C@H]4O[C@@H]3[C@H]2O1. The molecule has 6 nitrogen and oxygen atoms in total. The van der Waals surface area contributed by atoms with Crippen molar-refractivity contribution in [3.8, 4) is 0 Å². The van der Waals surface area contributed by atoms with Gasteiger partial charge in [-0.15, -0.1) is 0 Å². The first kappa shape index (κ1) is 16.0. The van der Waals surface area contributed by atoms with Crippen LogP contribution in [0.2, 0.25) is 25.7 Å². The molecule has 130 valence electrons. The number of hydrogen-bond donors (Lipinski definition) is 0. The maximum absolute atomic E-state index is 12.4. The Bertz CT molecular complexity index is 519. The topological polar surface area (TPSA) is 57.2 Å². The number of carbonyl (C=O) groups excluding carboxylic acids is 1. The zero-order chi connectivity index (χ0) is 16.6. The van der Waals surface area contributed by atoms with Crippen LogP contribution in [0.1, 0.15) is 20.3 Å². The van der Waals surface area contributed by atoms with E-state index in [1.54, 1.807) is 0 Å². The molecular weight excluding hydrogens is 314 g/mol. The van der Waals surface area contributed by atoms with Gasteiger partial charge in [-0.25, -0.2) is 0 Å². The maximum Gasteiger partial charge on any atom is 0.232 e. The van der Waals surface area contributed by atoms with E-state index in [0.29, 0.717) is 6.54 Å². The minimum atomic E-state index is -1.15. The van der Waals surface area contributed by atoms with Gasteiger partial charge in [0.05, 0.1) is 12.5 Å². The van der Waals surface area contributed by atoms with Crippen LogP contribution in [0.4, 0.5) is 0 Å². The fourth-order valence-electron chi connectivity index (χ4n) is 4.03. The summed E-state index contributed by atoms with van der Waals surface area (Å²) in [5, 5.41) is 0. The van der Waals surface area contributed by atoms with Crippen molar-refractivity contribution < 1.29 is 23.7 Å². The Balaban J connectivity index is 1.43. The number of nitrogens with zero attached hydrogens (tertiary/aromatic N) is 1. The van der Waals surface area contributed by atoms with Gasteiger partial charge >= 0.3 is 0 Å². The van der Waals surface area contributed by atoms with Crippen molar-refractivity contribution in [2.75, 3.05) is 6.54 Å². The third kappa shape index (κ3) is 2.66. The Morgan fingerprint density at radius 1 is 1.17 bits per heavy atom. The van der Waals surface area contributed by atoms with E-state index >= 15 is 0 Å². The van der Waals surface area contributed by atoms with Gasteiger partial charge in [0.15, 0.2) is 12.1 Å². The molecule has 0 aromatic rings. The second-order valence-corrected chi connectivity index (χ2v) is 14.5. The molecule has 4 aliphatic heterocycles. The molecule has 0 saturated carbocycles. The molecule has 4 fully saturated rings. The Morgan fingerprint density at radius 3 is 2.61 bits per heavy atom. The highest BCUT2D eigenvalue weighted by atomic mass is 28.3. The van der Waals surface area contributed by atoms with Gasteiger partial charge in [-0.05, 0) is 20.3 Å². The van der Waals surface area contributed by atoms with E-state index < -0.39 is 13.9 Å². The molecule has 6 atom stereocenters. The van der Waals surface area contributed by atoms with Crippen molar-refractivity contribution >= 4 is 14.0 Å². The van der Waals surface area contributed by atoms with Crippen LogP contribution in [0.5, 0.6) is 0 Å². The summed E-state index contributed by atoms with van der Waals surface area (Å²) in [5.41, 5.74) is 0. The first-order valence-corrected chi connectivity index (χ1v) is 12.3. The second kappa shape index (κ2) is 5.02. The lowest BCUT2D eigenvalue weighted by Crippen LogP contribution is -2.69. The van der Waals surface area contributed by atoms with Gasteiger partial charge in [0.2, 0.25) is 5.91 Å². The molecule has 0 bridgehead atoms. The summed E-state index contributed by atoms with van der Waals surface area (Å²) in [4.78, 5) is 14.2. The third-order valence-corrected chi connectivity index (χ3v) is 7.01. The summed E-state index contributed by atoms with van der Waals surface area (Å²) in [5.74, 6) is -0.403. The van der Waals surface area contributed by atoms with E-state index in [0.717, 1.165) is 12.5 Å². The fourth-order valence-corrected chi connectivity index (χ4v) is 5.20. The van der Waals surface area contributed by atoms with Crippen LogP contribution >= 0.6 is 0 Å². The molecule has 0 radical (unpaired) electrons. The molecular formula is C16H27NO5Si. The average molecular weight is 341 g/mol. The number of hydrogen-bond acceptors (Lipinski definition) is 5. The highest BCUT2D eigenvalue weighted by Crippen LogP contribution is 2.45. The van der Waals surface area contributed by atoms with Crippen LogP contribution in [-0.2, 0) is 23.7 Å². The summed E-state index contributed by atoms with van der Waals surface area (Å²) in [6, 6.07) is 1.15. The van der Waals surface area contributed by atoms with E-state index in [2.05, 4.69) is 19.6 Å². The van der Waals surface area contributed by atoms with Crippen LogP contribution in [0, 0.1) is 5.92 Å². The minimum absolute atomic E-state index is 0.0112. The van der Waals surface area contributed by atoms with Gasteiger partial charge < -0.3 is 23.8 Å². The standard InChI is InChI=1S/C16H27NO5Si/c1-16(2)21-12-11-10(19-15(12)22-16)8-17-13(18)9(14(17)20-11)6-7-23(3,4)5/h9-12,14-15H,6-8H2,1-5H3/t9-,10+,11-,12+,14+,15+/m0/s1. The highest BCUT2D eigenvalue weighted by molar-refractivity contribution is 6.76. The monoisotopic (exact) mass is 341 g/mol. The predicted octanol–water partition coefficient (Wildman–Crippen LogP) is 1.77. The first-order valence-electron chi connectivity index (χ1n) is 8.62. The molecule has 4 saturated heterocycles. The smallest absolute Gasteiger partial charge is 0.232 e. The lowest BCUT2D eigenvalue weighted by molar-refractivity contribution is -0.272. The average Bonchev–Trinajstić information content (AvgIpc) is 2.87. The van der Waals surface area contributed by atoms with Crippen molar-refractivity contribution in [2.45, 2.75) is 82.6 Å². The predicted molar refractivity (Wildman–Crippen MR) is 85.3 cm³/mol. The molecule has 0 aromatic heterocycles. The van der Waals surface area contributed by atoms with Crippen molar-refractivity contribution in [2.24, 2.45) is 5.92 Å². The number of carbonyl (C=O) groups is 1. The molecule has 0 spiro atoms. The van der Waals surface area contributed by atoms with Crippen molar-refractivity contribution in [1.82, 2.24) is 4.90 Å². The Labute approximate surface area is 138 Å². The van der Waals surface area contributed by atoms with Crippen LogP contribution in [0.25, 0.3) is 0 Å². The van der Waals surface area contributed by atoms with Gasteiger partial charge in [0, 0.05) is 8.07 Å². The van der Waals surface area contributed by atoms with Gasteiger partial charge in [0.25, 0.3) is 0 Å². The van der Waals surface area contributed by atoms with Gasteiger partial charge in [-0.2, -0.15) is 0 Å². The van der Waals surface area contributed by atoms with Gasteiger partial charge in [-0.3, -0.25) is 4.79 Å². The number of β-lactam (4-membered cyclic amide) rings is 1. The third-order valence-electron chi connectivity index (χ3n) is 5.22. The molecule has 0 unspecified atom stereocenters. The second-order valence-electron chi connectivity index (χ2n) is 8.83. The highest BCUT2D eigenvalue weighted by Gasteiger charge is 2.62. The molecule has 4 aliphatic rings. The minimum Gasteiger partial charge on any atom is -0.348 e. The number of amides is 1. The lowest BCUT2D eigenvalue weighted by Gasteiger charge is -2.53. The van der Waals surface area contributed by atoms with Crippen LogP contribution in [-0.4, -0.2) is 62.0 Å². The summed E-state index contributed by atoms with van der Waals surface area (Å²) in [6.07, 6.45) is -0.00972. The van der Waals surface area contributed by atoms with Crippen LogP contribution in [0.15, 0.2) is 0 Å². The van der Waals surface area contributed by atoms with E-state index in [9.17, 15) is 4.79 Å². The van der Waals surface area contributed by atoms with E-state index in [1.807, 2.05) is 18.7 Å². The van der Waals surface area contributed by atoms with Crippen LogP contribution in [0.3, 0.4) is 0 Å². The Hall–Kier alpha value is -0.473. The number of fused-ring (bicyclic) bond motifs is 4. The van der Waals surface area contributed by atoms with Crippen molar-refractivity contribution in [3.05, 3.63) is 0 Å². The van der Waals surface area contributed by atoms with Gasteiger partial charge in [-0.1, -0.05) is 25.7 Å². The Morgan fingerprint density at radius 2 is 1.91 bits per heavy atom. The number of rotatable bonds is 3. The van der Waals surface area contributed by atoms with Crippen molar-refractivity contribution in [1.29, 1.82) is 0 Å². The maximum atomic E-state index is 12.4. The number of ether oxygens (including phenoxy) is 4. The molecule has 23 heavy (non-hydrogen) atoms. The zero-order valence-corrected chi connectivity index (χ0v) is 15.6. The summed E-state index contributed by atoms with van der Waals surface area (Å²) >= 11 is 0. The van der Waals surface area contributed by atoms with Crippen LogP contribution < -0.4 is 0 Å². The lowest BCUT2D eigenvalue weighted by atomic mass is 9.89. The summed E-state index contributed by atoms with van der Waals surface area (Å²) in [6.45, 7) is 11.4. The molecule has 4 heterocycles. The van der Waals surface area contributed by atoms with Gasteiger partial charge in [0.1, 0.15) is 24.5 Å². The Kier molecular flexibility index (Phi) is 3.49.